The molecule has 3 aromatic rings. The number of aromatic nitrogens is 3. The van der Waals surface area contributed by atoms with Gasteiger partial charge in [0.25, 0.3) is 0 Å². The second-order valence-electron chi connectivity index (χ2n) is 8.16. The Morgan fingerprint density at radius 1 is 0.964 bits per heavy atom. The largest absolute Gasteiger partial charge is 0.378 e. The van der Waals surface area contributed by atoms with Gasteiger partial charge >= 0.3 is 0 Å². The summed E-state index contributed by atoms with van der Waals surface area (Å²) in [6.07, 6.45) is 3.73. The zero-order chi connectivity index (χ0) is 20.2. The van der Waals surface area contributed by atoms with E-state index in [1.165, 1.54) is 10.8 Å². The average molecular weight is 384 g/mol. The van der Waals surface area contributed by atoms with E-state index in [9.17, 15) is 0 Å². The van der Waals surface area contributed by atoms with Gasteiger partial charge in [0.2, 0.25) is 0 Å². The normalized spacial score (nSPS) is 16.3. The van der Waals surface area contributed by atoms with Crippen molar-refractivity contribution < 1.29 is 9.47 Å². The molecule has 152 valence electrons. The molecule has 0 saturated carbocycles. The van der Waals surface area contributed by atoms with Crippen LogP contribution in [0.15, 0.2) is 36.4 Å². The number of nitrogens with zero attached hydrogens (tertiary/aromatic N) is 3. The van der Waals surface area contributed by atoms with Gasteiger partial charge in [0.15, 0.2) is 0 Å². The summed E-state index contributed by atoms with van der Waals surface area (Å²) in [7, 11) is 1.78. The molecule has 0 aliphatic heterocycles. The van der Waals surface area contributed by atoms with Gasteiger partial charge in [0.1, 0.15) is 5.52 Å². The van der Waals surface area contributed by atoms with Crippen LogP contribution in [0.4, 0.5) is 0 Å². The van der Waals surface area contributed by atoms with Gasteiger partial charge < -0.3 is 9.47 Å². The molecule has 2 aromatic carbocycles. The quantitative estimate of drug-likeness (QED) is 0.472. The first-order valence-electron chi connectivity index (χ1n) is 10.3. The second-order valence-corrected chi connectivity index (χ2v) is 8.16. The summed E-state index contributed by atoms with van der Waals surface area (Å²) in [5.74, 6) is 0. The molecule has 0 fully saturated rings. The standard InChI is InChI=1S/C23H33N3O2/c1-6-22(3,27-5)13-15-28-23(4,7-2)12-14-26-21-17-19-11-9-8-10-18(19)16-20(21)24-25-26/h8-11,16-17H,6-7,12-15H2,1-5H3. The molecule has 0 aliphatic rings. The van der Waals surface area contributed by atoms with Crippen LogP contribution in [0.5, 0.6) is 0 Å². The minimum Gasteiger partial charge on any atom is -0.378 e. The van der Waals surface area contributed by atoms with Gasteiger partial charge in [-0.3, -0.25) is 0 Å². The van der Waals surface area contributed by atoms with E-state index in [0.29, 0.717) is 6.61 Å². The van der Waals surface area contributed by atoms with Gasteiger partial charge in [-0.2, -0.15) is 0 Å². The Morgan fingerprint density at radius 3 is 2.29 bits per heavy atom. The van der Waals surface area contributed by atoms with Crippen molar-refractivity contribution in [3.8, 4) is 0 Å². The Kier molecular flexibility index (Phi) is 6.36. The zero-order valence-electron chi connectivity index (χ0n) is 17.9. The first-order chi connectivity index (χ1) is 13.4. The molecule has 0 bridgehead atoms. The van der Waals surface area contributed by atoms with E-state index in [2.05, 4.69) is 74.4 Å². The monoisotopic (exact) mass is 383 g/mol. The molecule has 2 atom stereocenters. The summed E-state index contributed by atoms with van der Waals surface area (Å²) in [6, 6.07) is 12.6. The highest BCUT2D eigenvalue weighted by Crippen LogP contribution is 2.26. The predicted octanol–water partition coefficient (Wildman–Crippen LogP) is 5.37. The summed E-state index contributed by atoms with van der Waals surface area (Å²) in [6.45, 7) is 10.2. The topological polar surface area (TPSA) is 49.2 Å². The predicted molar refractivity (Wildman–Crippen MR) is 115 cm³/mol. The number of hydrogen-bond acceptors (Lipinski definition) is 4. The fourth-order valence-corrected chi connectivity index (χ4v) is 3.45. The molecular weight excluding hydrogens is 350 g/mol. The van der Waals surface area contributed by atoms with Crippen molar-refractivity contribution in [3.63, 3.8) is 0 Å². The molecule has 1 heterocycles. The van der Waals surface area contributed by atoms with E-state index >= 15 is 0 Å². The van der Waals surface area contributed by atoms with Crippen molar-refractivity contribution >= 4 is 21.8 Å². The fraction of sp³-hybridized carbons (Fsp3) is 0.565. The number of hydrogen-bond donors (Lipinski definition) is 0. The summed E-state index contributed by atoms with van der Waals surface area (Å²) in [5.41, 5.74) is 1.72. The Bertz CT molecular complexity index is 916. The third kappa shape index (κ3) is 4.53. The number of rotatable bonds is 10. The molecule has 3 rings (SSSR count). The maximum atomic E-state index is 6.32. The second kappa shape index (κ2) is 8.58. The highest BCUT2D eigenvalue weighted by molar-refractivity contribution is 5.94. The number of ether oxygens (including phenoxy) is 2. The molecule has 0 spiro atoms. The van der Waals surface area contributed by atoms with Crippen LogP contribution in [0.3, 0.4) is 0 Å². The van der Waals surface area contributed by atoms with E-state index < -0.39 is 0 Å². The van der Waals surface area contributed by atoms with Gasteiger partial charge in [0, 0.05) is 13.7 Å². The van der Waals surface area contributed by atoms with Crippen LogP contribution in [0.25, 0.3) is 21.8 Å². The molecule has 0 N–H and O–H groups in total. The van der Waals surface area contributed by atoms with Crippen LogP contribution < -0.4 is 0 Å². The first kappa shape index (κ1) is 20.7. The Labute approximate surface area is 168 Å². The zero-order valence-corrected chi connectivity index (χ0v) is 17.9. The lowest BCUT2D eigenvalue weighted by atomic mass is 9.97. The summed E-state index contributed by atoms with van der Waals surface area (Å²) in [5, 5.41) is 11.2. The van der Waals surface area contributed by atoms with Crippen LogP contribution >= 0.6 is 0 Å². The minimum atomic E-state index is -0.183. The van der Waals surface area contributed by atoms with E-state index in [-0.39, 0.29) is 11.2 Å². The highest BCUT2D eigenvalue weighted by Gasteiger charge is 2.26. The third-order valence-electron chi connectivity index (χ3n) is 6.30. The van der Waals surface area contributed by atoms with Crippen molar-refractivity contribution in [1.29, 1.82) is 0 Å². The van der Waals surface area contributed by atoms with Crippen LogP contribution in [0.2, 0.25) is 0 Å². The average Bonchev–Trinajstić information content (AvgIpc) is 3.12. The number of benzene rings is 2. The number of fused-ring (bicyclic) bond motifs is 2. The summed E-state index contributed by atoms with van der Waals surface area (Å²) < 4.78 is 14.0. The summed E-state index contributed by atoms with van der Waals surface area (Å²) >= 11 is 0. The third-order valence-corrected chi connectivity index (χ3v) is 6.30. The molecule has 0 amide bonds. The molecule has 0 aliphatic carbocycles. The van der Waals surface area contributed by atoms with Crippen molar-refractivity contribution in [1.82, 2.24) is 15.0 Å². The van der Waals surface area contributed by atoms with Gasteiger partial charge in [-0.05, 0) is 62.4 Å². The molecule has 1 aromatic heterocycles. The molecule has 28 heavy (non-hydrogen) atoms. The van der Waals surface area contributed by atoms with Gasteiger partial charge in [-0.15, -0.1) is 5.10 Å². The number of aryl methyl sites for hydroxylation is 1. The van der Waals surface area contributed by atoms with E-state index in [4.69, 9.17) is 9.47 Å². The van der Waals surface area contributed by atoms with Gasteiger partial charge in [0.05, 0.1) is 23.3 Å². The van der Waals surface area contributed by atoms with Gasteiger partial charge in [-0.25, -0.2) is 4.68 Å². The maximum absolute atomic E-state index is 6.32. The van der Waals surface area contributed by atoms with Gasteiger partial charge in [-0.1, -0.05) is 43.3 Å². The van der Waals surface area contributed by atoms with Crippen LogP contribution in [-0.2, 0) is 16.0 Å². The SMILES string of the molecule is CCC(C)(CCOC(C)(CC)CCn1nnc2cc3ccccc3cc21)OC. The van der Waals surface area contributed by atoms with Crippen molar-refractivity contribution in [2.75, 3.05) is 13.7 Å². The number of methoxy groups -OCH3 is 1. The maximum Gasteiger partial charge on any atom is 0.113 e. The van der Waals surface area contributed by atoms with Crippen LogP contribution in [-0.4, -0.2) is 39.9 Å². The fourth-order valence-electron chi connectivity index (χ4n) is 3.45. The molecule has 5 heteroatoms. The molecule has 0 radical (unpaired) electrons. The minimum absolute atomic E-state index is 0.113. The molecular formula is C23H33N3O2. The van der Waals surface area contributed by atoms with E-state index in [1.807, 2.05) is 4.68 Å². The smallest absolute Gasteiger partial charge is 0.113 e. The highest BCUT2D eigenvalue weighted by atomic mass is 16.5. The first-order valence-corrected chi connectivity index (χ1v) is 10.3. The molecule has 2 unspecified atom stereocenters. The van der Waals surface area contributed by atoms with E-state index in [1.54, 1.807) is 7.11 Å². The Morgan fingerprint density at radius 2 is 1.64 bits per heavy atom. The van der Waals surface area contributed by atoms with Crippen molar-refractivity contribution in [2.45, 2.75) is 71.1 Å². The summed E-state index contributed by atoms with van der Waals surface area (Å²) in [4.78, 5) is 0. The Hall–Kier alpha value is -1.98. The lowest BCUT2D eigenvalue weighted by Gasteiger charge is -2.32. The van der Waals surface area contributed by atoms with Crippen LogP contribution in [0.1, 0.15) is 53.4 Å². The van der Waals surface area contributed by atoms with Crippen molar-refractivity contribution in [3.05, 3.63) is 36.4 Å². The van der Waals surface area contributed by atoms with Crippen molar-refractivity contribution in [2.24, 2.45) is 0 Å². The van der Waals surface area contributed by atoms with E-state index in [0.717, 1.165) is 43.3 Å². The lowest BCUT2D eigenvalue weighted by molar-refractivity contribution is -0.0793. The van der Waals surface area contributed by atoms with Crippen LogP contribution in [0, 0.1) is 0 Å². The Balaban J connectivity index is 1.68. The molecule has 5 nitrogen and oxygen atoms in total. The lowest BCUT2D eigenvalue weighted by Crippen LogP contribution is -2.34. The molecule has 0 saturated heterocycles.